The van der Waals surface area contributed by atoms with E-state index in [1.54, 1.807) is 42.5 Å². The van der Waals surface area contributed by atoms with Gasteiger partial charge in [-0.25, -0.2) is 9.59 Å². The van der Waals surface area contributed by atoms with Crippen LogP contribution >= 0.6 is 0 Å². The number of rotatable bonds is 14. The lowest BCUT2D eigenvalue weighted by molar-refractivity contribution is 0.0962. The molecule has 3 aromatic rings. The van der Waals surface area contributed by atoms with E-state index in [1.165, 1.54) is 0 Å². The fourth-order valence-corrected chi connectivity index (χ4v) is 5.44. The summed E-state index contributed by atoms with van der Waals surface area (Å²) in [6, 6.07) is 18.1. The molecular weight excluding hydrogens is 620 g/mol. The number of amides is 2. The number of anilines is 2. The molecule has 4 rings (SSSR count). The molecule has 0 spiro atoms. The van der Waals surface area contributed by atoms with Gasteiger partial charge in [-0.3, -0.25) is 9.59 Å². The lowest BCUT2D eigenvalue weighted by atomic mass is 9.82. The minimum absolute atomic E-state index is 0.110. The van der Waals surface area contributed by atoms with E-state index in [9.17, 15) is 19.2 Å². The molecule has 1 aliphatic rings. The maximum atomic E-state index is 13.9. The van der Waals surface area contributed by atoms with Crippen LogP contribution in [0.3, 0.4) is 0 Å². The topological polar surface area (TPSA) is 135 Å². The normalized spacial score (nSPS) is 12.7. The van der Waals surface area contributed by atoms with Crippen molar-refractivity contribution in [3.8, 4) is 0 Å². The molecule has 0 aliphatic heterocycles. The van der Waals surface area contributed by atoms with Gasteiger partial charge in [0.15, 0.2) is 11.6 Å². The summed E-state index contributed by atoms with van der Waals surface area (Å²) in [6.45, 7) is 18.7. The first-order valence-electron chi connectivity index (χ1n) is 16.5. The highest BCUT2D eigenvalue weighted by molar-refractivity contribution is 6.31. The Hall–Kier alpha value is -5.12. The molecule has 1 aliphatic carbocycles. The van der Waals surface area contributed by atoms with Crippen molar-refractivity contribution in [3.05, 3.63) is 101 Å². The van der Waals surface area contributed by atoms with Gasteiger partial charge in [0.05, 0.1) is 29.9 Å². The van der Waals surface area contributed by atoms with Crippen LogP contribution in [0.15, 0.2) is 67.2 Å². The molecule has 4 N–H and O–H groups in total. The van der Waals surface area contributed by atoms with Gasteiger partial charge in [0.1, 0.15) is 0 Å². The van der Waals surface area contributed by atoms with Crippen LogP contribution in [0.25, 0.3) is 6.08 Å². The van der Waals surface area contributed by atoms with Crippen molar-refractivity contribution in [2.45, 2.75) is 54.0 Å². The van der Waals surface area contributed by atoms with Crippen LogP contribution < -0.4 is 21.3 Å². The van der Waals surface area contributed by atoms with Crippen LogP contribution in [0.4, 0.5) is 21.0 Å². The van der Waals surface area contributed by atoms with Crippen molar-refractivity contribution in [2.24, 2.45) is 10.8 Å². The number of nitrogens with one attached hydrogen (secondary N) is 4. The number of fused-ring (bicyclic) bond motifs is 2. The van der Waals surface area contributed by atoms with Gasteiger partial charge < -0.3 is 30.7 Å². The number of alkyl carbamates (subject to hydrolysis) is 2. The van der Waals surface area contributed by atoms with E-state index in [-0.39, 0.29) is 24.8 Å². The van der Waals surface area contributed by atoms with Gasteiger partial charge in [0.25, 0.3) is 0 Å². The smallest absolute Gasteiger partial charge is 0.407 e. The first-order valence-corrected chi connectivity index (χ1v) is 16.5. The van der Waals surface area contributed by atoms with E-state index in [1.807, 2.05) is 72.7 Å². The quantitative estimate of drug-likeness (QED) is 0.109. The summed E-state index contributed by atoms with van der Waals surface area (Å²) in [4.78, 5) is 52.4. The maximum Gasteiger partial charge on any atom is 0.407 e. The molecule has 49 heavy (non-hydrogen) atoms. The Morgan fingerprint density at radius 1 is 0.735 bits per heavy atom. The van der Waals surface area contributed by atoms with Gasteiger partial charge in [0, 0.05) is 53.0 Å². The summed E-state index contributed by atoms with van der Waals surface area (Å²) < 4.78 is 11.0. The van der Waals surface area contributed by atoms with Gasteiger partial charge >= 0.3 is 12.2 Å². The highest BCUT2D eigenvalue weighted by Gasteiger charge is 2.34. The van der Waals surface area contributed by atoms with E-state index < -0.39 is 28.6 Å². The van der Waals surface area contributed by atoms with E-state index in [0.29, 0.717) is 53.3 Å². The molecule has 0 radical (unpaired) electrons. The van der Waals surface area contributed by atoms with Crippen LogP contribution in [0, 0.1) is 10.8 Å². The highest BCUT2D eigenvalue weighted by Crippen LogP contribution is 2.36. The monoisotopic (exact) mass is 668 g/mol. The first kappa shape index (κ1) is 36.7. The van der Waals surface area contributed by atoms with E-state index in [2.05, 4.69) is 27.8 Å². The van der Waals surface area contributed by atoms with Crippen LogP contribution in [0.1, 0.15) is 91.4 Å². The van der Waals surface area contributed by atoms with Gasteiger partial charge in [0.2, 0.25) is 0 Å². The number of ketones is 2. The molecule has 0 heterocycles. The third-order valence-corrected chi connectivity index (χ3v) is 8.35. The van der Waals surface area contributed by atoms with Crippen LogP contribution in [0.5, 0.6) is 0 Å². The van der Waals surface area contributed by atoms with Crippen LogP contribution in [-0.4, -0.2) is 56.6 Å². The zero-order chi connectivity index (χ0) is 36.0. The van der Waals surface area contributed by atoms with E-state index in [4.69, 9.17) is 9.47 Å². The molecule has 0 saturated heterocycles. The SMILES string of the molecule is C=Cc1cccc(C(C)(C)NC(=O)OCC(C)(C)CNc2cccc3c2C(=O)c2cccc(NCC(C)(C)COC(=O)NCC)c2C3=O)c1. The Morgan fingerprint density at radius 3 is 1.71 bits per heavy atom. The minimum Gasteiger partial charge on any atom is -0.449 e. The Kier molecular flexibility index (Phi) is 11.2. The average molecular weight is 669 g/mol. The van der Waals surface area contributed by atoms with Crippen molar-refractivity contribution in [1.82, 2.24) is 10.6 Å². The second-order valence-corrected chi connectivity index (χ2v) is 14.4. The van der Waals surface area contributed by atoms with Gasteiger partial charge in [-0.1, -0.05) is 82.8 Å². The lowest BCUT2D eigenvalue weighted by Gasteiger charge is -2.30. The number of carbonyl (C=O) groups is 4. The number of hydrogen-bond acceptors (Lipinski definition) is 8. The largest absolute Gasteiger partial charge is 0.449 e. The highest BCUT2D eigenvalue weighted by atomic mass is 16.6. The molecule has 3 aromatic carbocycles. The molecule has 0 fully saturated rings. The summed E-state index contributed by atoms with van der Waals surface area (Å²) in [5.74, 6) is -0.514. The number of carbonyl (C=O) groups excluding carboxylic acids is 4. The molecule has 2 amide bonds. The molecular formula is C39H48N4O6. The lowest BCUT2D eigenvalue weighted by Crippen LogP contribution is -2.42. The molecule has 0 unspecified atom stereocenters. The van der Waals surface area contributed by atoms with Crippen molar-refractivity contribution < 1.29 is 28.7 Å². The Labute approximate surface area is 289 Å². The second-order valence-electron chi connectivity index (χ2n) is 14.4. The Bertz CT molecular complexity index is 1740. The molecule has 0 atom stereocenters. The molecule has 0 aromatic heterocycles. The number of hydrogen-bond donors (Lipinski definition) is 4. The Balaban J connectivity index is 1.42. The number of ether oxygens (including phenoxy) is 2. The van der Waals surface area contributed by atoms with Gasteiger partial charge in [-0.15, -0.1) is 0 Å². The molecule has 0 bridgehead atoms. The third-order valence-electron chi connectivity index (χ3n) is 8.35. The predicted octanol–water partition coefficient (Wildman–Crippen LogP) is 7.39. The summed E-state index contributed by atoms with van der Waals surface area (Å²) in [7, 11) is 0. The zero-order valence-corrected chi connectivity index (χ0v) is 29.5. The van der Waals surface area contributed by atoms with Gasteiger partial charge in [-0.05, 0) is 50.1 Å². The van der Waals surface area contributed by atoms with E-state index in [0.717, 1.165) is 11.1 Å². The Morgan fingerprint density at radius 2 is 1.22 bits per heavy atom. The molecule has 10 nitrogen and oxygen atoms in total. The molecule has 0 saturated carbocycles. The van der Waals surface area contributed by atoms with Crippen LogP contribution in [-0.2, 0) is 15.0 Å². The summed E-state index contributed by atoms with van der Waals surface area (Å²) >= 11 is 0. The fraction of sp³-hybridized carbons (Fsp3) is 0.385. The average Bonchev–Trinajstić information content (AvgIpc) is 3.07. The van der Waals surface area contributed by atoms with Crippen LogP contribution in [0.2, 0.25) is 0 Å². The standard InChI is InChI=1S/C39H48N4O6/c1-9-25-14-11-15-26(20-25)39(7,8)43-36(47)49-24-38(5,6)22-42-30-19-13-17-28-32(30)34(45)27-16-12-18-29(31(27)33(28)44)41-21-37(3,4)23-48-35(46)40-10-2/h9,11-20,41-42H,1,10,21-24H2,2-8H3,(H,40,46)(H,43,47). The van der Waals surface area contributed by atoms with E-state index >= 15 is 0 Å². The number of benzene rings is 3. The van der Waals surface area contributed by atoms with Gasteiger partial charge in [-0.2, -0.15) is 0 Å². The fourth-order valence-electron chi connectivity index (χ4n) is 5.44. The van der Waals surface area contributed by atoms with Crippen molar-refractivity contribution in [1.29, 1.82) is 0 Å². The maximum absolute atomic E-state index is 13.9. The summed E-state index contributed by atoms with van der Waals surface area (Å²) in [5, 5.41) is 12.2. The first-order chi connectivity index (χ1) is 23.1. The second kappa shape index (κ2) is 15.0. The predicted molar refractivity (Wildman–Crippen MR) is 193 cm³/mol. The summed E-state index contributed by atoms with van der Waals surface area (Å²) in [5.41, 5.74) is 2.57. The molecule has 260 valence electrons. The van der Waals surface area contributed by atoms with Crippen molar-refractivity contribution >= 4 is 41.2 Å². The van der Waals surface area contributed by atoms with Crippen molar-refractivity contribution in [3.63, 3.8) is 0 Å². The molecule has 10 heteroatoms. The third kappa shape index (κ3) is 9.07. The van der Waals surface area contributed by atoms with Crippen molar-refractivity contribution in [2.75, 3.05) is 43.5 Å². The minimum atomic E-state index is -0.669. The summed E-state index contributed by atoms with van der Waals surface area (Å²) in [6.07, 6.45) is 0.729. The zero-order valence-electron chi connectivity index (χ0n) is 29.5.